The first-order valence-corrected chi connectivity index (χ1v) is 11.7. The lowest BCUT2D eigenvalue weighted by Gasteiger charge is -2.38. The zero-order chi connectivity index (χ0) is 21.4. The Hall–Kier alpha value is -2.36. The molecule has 1 N–H and O–H groups in total. The Balaban J connectivity index is 1.60. The van der Waals surface area contributed by atoms with Gasteiger partial charge in [-0.2, -0.15) is 0 Å². The Morgan fingerprint density at radius 2 is 2.03 bits per heavy atom. The average Bonchev–Trinajstić information content (AvgIpc) is 3.28. The zero-order valence-corrected chi connectivity index (χ0v) is 19.1. The molecule has 0 amide bonds. The molecular weight excluding hydrogens is 410 g/mol. The normalized spacial score (nSPS) is 20.7. The smallest absolute Gasteiger partial charge is 0.164 e. The molecule has 0 spiro atoms. The van der Waals surface area contributed by atoms with Gasteiger partial charge in [0.2, 0.25) is 0 Å². The van der Waals surface area contributed by atoms with Gasteiger partial charge in [0.05, 0.1) is 19.3 Å². The summed E-state index contributed by atoms with van der Waals surface area (Å²) in [6.07, 6.45) is 4.85. The van der Waals surface area contributed by atoms with Gasteiger partial charge in [0.1, 0.15) is 17.3 Å². The van der Waals surface area contributed by atoms with Gasteiger partial charge in [-0.05, 0) is 39.3 Å². The number of hydrogen-bond donors (Lipinski definition) is 1. The first-order chi connectivity index (χ1) is 15.1. The van der Waals surface area contributed by atoms with Crippen LogP contribution in [0.15, 0.2) is 30.6 Å². The summed E-state index contributed by atoms with van der Waals surface area (Å²) in [6.45, 7) is 11.0. The molecule has 2 saturated heterocycles. The van der Waals surface area contributed by atoms with E-state index in [0.29, 0.717) is 12.6 Å². The third-order valence-electron chi connectivity index (χ3n) is 5.84. The van der Waals surface area contributed by atoms with Crippen molar-refractivity contribution < 1.29 is 4.74 Å². The lowest BCUT2D eigenvalue weighted by atomic mass is 10.1. The molecule has 0 radical (unpaired) electrons. The van der Waals surface area contributed by atoms with Gasteiger partial charge in [-0.25, -0.2) is 19.3 Å². The highest BCUT2D eigenvalue weighted by Gasteiger charge is 2.26. The van der Waals surface area contributed by atoms with Gasteiger partial charge in [0.25, 0.3) is 0 Å². The number of H-pyrrole nitrogens is 1. The van der Waals surface area contributed by atoms with E-state index in [1.807, 2.05) is 24.5 Å². The Kier molecular flexibility index (Phi) is 5.73. The highest BCUT2D eigenvalue weighted by Crippen LogP contribution is 2.34. The van der Waals surface area contributed by atoms with Crippen LogP contribution in [0.2, 0.25) is 0 Å². The SMILES string of the molecule is CC(C)N1CCCN(c2cc(N3CCOCC3C)nc(-c3ccnc4[nH]ccc34)n2)S1. The molecule has 9 heteroatoms. The number of hydrogen-bond acceptors (Lipinski definition) is 8. The monoisotopic (exact) mass is 439 g/mol. The summed E-state index contributed by atoms with van der Waals surface area (Å²) in [5.74, 6) is 2.65. The van der Waals surface area contributed by atoms with Crippen molar-refractivity contribution in [2.24, 2.45) is 0 Å². The summed E-state index contributed by atoms with van der Waals surface area (Å²) in [5.41, 5.74) is 1.85. The van der Waals surface area contributed by atoms with Crippen LogP contribution in [0.5, 0.6) is 0 Å². The van der Waals surface area contributed by atoms with E-state index in [2.05, 4.69) is 50.3 Å². The van der Waals surface area contributed by atoms with Crippen molar-refractivity contribution in [2.45, 2.75) is 39.3 Å². The minimum atomic E-state index is 0.273. The molecule has 5 rings (SSSR count). The van der Waals surface area contributed by atoms with Gasteiger partial charge >= 0.3 is 0 Å². The number of aromatic nitrogens is 4. The molecule has 1 unspecified atom stereocenters. The molecule has 0 aromatic carbocycles. The quantitative estimate of drug-likeness (QED) is 0.617. The Morgan fingerprint density at radius 3 is 2.87 bits per heavy atom. The number of nitrogens with zero attached hydrogens (tertiary/aromatic N) is 6. The van der Waals surface area contributed by atoms with Crippen molar-refractivity contribution in [1.82, 2.24) is 24.2 Å². The second kappa shape index (κ2) is 8.64. The molecule has 8 nitrogen and oxygen atoms in total. The van der Waals surface area contributed by atoms with Crippen LogP contribution in [0.25, 0.3) is 22.4 Å². The van der Waals surface area contributed by atoms with Gasteiger partial charge in [-0.3, -0.25) is 4.31 Å². The maximum atomic E-state index is 5.66. The fraction of sp³-hybridized carbons (Fsp3) is 0.500. The number of pyridine rings is 1. The molecule has 164 valence electrons. The second-order valence-corrected chi connectivity index (χ2v) is 9.47. The summed E-state index contributed by atoms with van der Waals surface area (Å²) >= 11 is 1.77. The number of nitrogens with one attached hydrogen (secondary N) is 1. The lowest BCUT2D eigenvalue weighted by molar-refractivity contribution is 0.0985. The van der Waals surface area contributed by atoms with Crippen molar-refractivity contribution in [3.05, 3.63) is 30.6 Å². The predicted molar refractivity (Wildman–Crippen MR) is 126 cm³/mol. The van der Waals surface area contributed by atoms with E-state index < -0.39 is 0 Å². The van der Waals surface area contributed by atoms with Gasteiger partial charge in [0, 0.05) is 67.2 Å². The molecule has 31 heavy (non-hydrogen) atoms. The molecule has 3 aromatic heterocycles. The van der Waals surface area contributed by atoms with Crippen LogP contribution in [0, 0.1) is 0 Å². The van der Waals surface area contributed by atoms with E-state index in [4.69, 9.17) is 14.7 Å². The van der Waals surface area contributed by atoms with Gasteiger partial charge in [0.15, 0.2) is 5.82 Å². The third-order valence-corrected chi connectivity index (χ3v) is 7.22. The second-order valence-electron chi connectivity index (χ2n) is 8.40. The summed E-state index contributed by atoms with van der Waals surface area (Å²) in [5, 5.41) is 1.04. The van der Waals surface area contributed by atoms with E-state index in [0.717, 1.165) is 66.7 Å². The average molecular weight is 440 g/mol. The summed E-state index contributed by atoms with van der Waals surface area (Å²) < 4.78 is 10.4. The number of anilines is 2. The molecule has 3 aromatic rings. The minimum Gasteiger partial charge on any atom is -0.377 e. The maximum absolute atomic E-state index is 5.66. The van der Waals surface area contributed by atoms with E-state index >= 15 is 0 Å². The molecular formula is C22H29N7OS. The van der Waals surface area contributed by atoms with Crippen LogP contribution in [0.1, 0.15) is 27.2 Å². The predicted octanol–water partition coefficient (Wildman–Crippen LogP) is 3.73. The van der Waals surface area contributed by atoms with E-state index in [1.165, 1.54) is 0 Å². The first kappa shape index (κ1) is 20.5. The molecule has 0 aliphatic carbocycles. The molecule has 2 aliphatic rings. The third kappa shape index (κ3) is 4.09. The van der Waals surface area contributed by atoms with Crippen molar-refractivity contribution >= 4 is 34.8 Å². The number of rotatable bonds is 4. The van der Waals surface area contributed by atoms with Crippen LogP contribution in [0.4, 0.5) is 11.6 Å². The minimum absolute atomic E-state index is 0.273. The van der Waals surface area contributed by atoms with E-state index in [1.54, 1.807) is 12.1 Å². The summed E-state index contributed by atoms with van der Waals surface area (Å²) in [6, 6.07) is 6.94. The maximum Gasteiger partial charge on any atom is 0.164 e. The highest BCUT2D eigenvalue weighted by atomic mass is 32.2. The Labute approximate surface area is 187 Å². The van der Waals surface area contributed by atoms with E-state index in [-0.39, 0.29) is 6.04 Å². The molecule has 2 aliphatic heterocycles. The van der Waals surface area contributed by atoms with Crippen LogP contribution >= 0.6 is 12.1 Å². The van der Waals surface area contributed by atoms with Gasteiger partial charge in [-0.1, -0.05) is 0 Å². The zero-order valence-electron chi connectivity index (χ0n) is 18.3. The summed E-state index contributed by atoms with van der Waals surface area (Å²) in [4.78, 5) is 20.0. The van der Waals surface area contributed by atoms with Crippen molar-refractivity contribution in [3.63, 3.8) is 0 Å². The lowest BCUT2D eigenvalue weighted by Crippen LogP contribution is -2.44. The van der Waals surface area contributed by atoms with Crippen molar-refractivity contribution in [2.75, 3.05) is 42.1 Å². The van der Waals surface area contributed by atoms with Gasteiger partial charge in [-0.15, -0.1) is 0 Å². The Bertz CT molecular complexity index is 1060. The van der Waals surface area contributed by atoms with Crippen molar-refractivity contribution in [1.29, 1.82) is 0 Å². The molecule has 0 bridgehead atoms. The fourth-order valence-electron chi connectivity index (χ4n) is 4.13. The summed E-state index contributed by atoms with van der Waals surface area (Å²) in [7, 11) is 0. The Morgan fingerprint density at radius 1 is 1.16 bits per heavy atom. The standard InChI is InChI=1S/C22H29N7OS/c1-15(2)28-9-4-10-29(31-28)20-13-19(27-11-12-30-14-16(27)3)25-22(26-20)18-6-8-24-21-17(18)5-7-23-21/h5-8,13,15-16H,4,9-12,14H2,1-3H3,(H,23,24). The highest BCUT2D eigenvalue weighted by molar-refractivity contribution is 7.98. The van der Waals surface area contributed by atoms with Crippen molar-refractivity contribution in [3.8, 4) is 11.4 Å². The fourth-order valence-corrected chi connectivity index (χ4v) is 5.17. The molecule has 0 saturated carbocycles. The van der Waals surface area contributed by atoms with Gasteiger partial charge < -0.3 is 14.6 Å². The number of ether oxygens (including phenoxy) is 1. The molecule has 1 atom stereocenters. The van der Waals surface area contributed by atoms with Crippen LogP contribution < -0.4 is 9.21 Å². The van der Waals surface area contributed by atoms with Crippen LogP contribution in [-0.2, 0) is 4.74 Å². The topological polar surface area (TPSA) is 73.4 Å². The molecule has 2 fully saturated rings. The molecule has 5 heterocycles. The van der Waals surface area contributed by atoms with Crippen LogP contribution in [0.3, 0.4) is 0 Å². The number of fused-ring (bicyclic) bond motifs is 1. The van der Waals surface area contributed by atoms with Crippen LogP contribution in [-0.4, -0.2) is 69.2 Å². The number of aromatic amines is 1. The first-order valence-electron chi connectivity index (χ1n) is 11.0. The largest absolute Gasteiger partial charge is 0.377 e. The van der Waals surface area contributed by atoms with E-state index in [9.17, 15) is 0 Å². The number of morpholine rings is 1.